The molecule has 1 fully saturated rings. The van der Waals surface area contributed by atoms with E-state index in [1.54, 1.807) is 0 Å². The zero-order valence-corrected chi connectivity index (χ0v) is 14.4. The molecule has 1 N–H and O–H groups in total. The number of aromatic nitrogens is 2. The minimum atomic E-state index is -1.67. The zero-order valence-electron chi connectivity index (χ0n) is 14.4. The Morgan fingerprint density at radius 1 is 1.42 bits per heavy atom. The molecule has 0 unspecified atom stereocenters. The number of carbonyl (C=O) groups excluding carboxylic acids is 1. The highest BCUT2D eigenvalue weighted by atomic mass is 19.1. The Balaban J connectivity index is 1.58. The van der Waals surface area contributed by atoms with Crippen molar-refractivity contribution in [3.8, 4) is 0 Å². The van der Waals surface area contributed by atoms with Crippen LogP contribution >= 0.6 is 0 Å². The van der Waals surface area contributed by atoms with Crippen LogP contribution in [0.1, 0.15) is 25.1 Å². The van der Waals surface area contributed by atoms with Gasteiger partial charge < -0.3 is 14.8 Å². The average Bonchev–Trinajstić information content (AvgIpc) is 2.97. The smallest absolute Gasteiger partial charge is 0.351 e. The third-order valence-electron chi connectivity index (χ3n) is 3.99. The zero-order chi connectivity index (χ0) is 18.6. The van der Waals surface area contributed by atoms with Crippen molar-refractivity contribution in [2.75, 3.05) is 18.5 Å². The molecule has 1 saturated heterocycles. The van der Waals surface area contributed by atoms with Gasteiger partial charge in [0, 0.05) is 19.5 Å². The predicted molar refractivity (Wildman–Crippen MR) is 92.3 cm³/mol. The maximum Gasteiger partial charge on any atom is 0.351 e. The molecule has 0 saturated carbocycles. The number of halogens is 1. The molecule has 2 atom stereocenters. The van der Waals surface area contributed by atoms with Gasteiger partial charge in [-0.3, -0.25) is 9.36 Å². The molecule has 1 aliphatic heterocycles. The fourth-order valence-corrected chi connectivity index (χ4v) is 2.76. The SMILES string of the molecule is CC(=O)Nc1ccn([C@H]2C[C@](F)(COCc3ccccc3)CO2)c(=O)n1. The number of anilines is 1. The van der Waals surface area contributed by atoms with E-state index < -0.39 is 17.6 Å². The normalized spacial score (nSPS) is 22.3. The van der Waals surface area contributed by atoms with Crippen LogP contribution in [0.15, 0.2) is 47.4 Å². The number of hydrogen-bond donors (Lipinski definition) is 1. The van der Waals surface area contributed by atoms with Gasteiger partial charge in [-0.05, 0) is 11.6 Å². The summed E-state index contributed by atoms with van der Waals surface area (Å²) in [5.41, 5.74) is -1.33. The third kappa shape index (κ3) is 4.53. The van der Waals surface area contributed by atoms with Crippen LogP contribution in [0.4, 0.5) is 10.2 Å². The minimum Gasteiger partial charge on any atom is -0.373 e. The molecule has 1 aromatic carbocycles. The lowest BCUT2D eigenvalue weighted by atomic mass is 10.1. The van der Waals surface area contributed by atoms with Crippen molar-refractivity contribution in [1.29, 1.82) is 0 Å². The van der Waals surface area contributed by atoms with E-state index in [1.807, 2.05) is 30.3 Å². The Labute approximate surface area is 149 Å². The highest BCUT2D eigenvalue weighted by Gasteiger charge is 2.42. The van der Waals surface area contributed by atoms with E-state index in [-0.39, 0.29) is 31.4 Å². The van der Waals surface area contributed by atoms with Gasteiger partial charge >= 0.3 is 5.69 Å². The molecule has 2 heterocycles. The summed E-state index contributed by atoms with van der Waals surface area (Å²) in [6, 6.07) is 11.0. The third-order valence-corrected chi connectivity index (χ3v) is 3.99. The van der Waals surface area contributed by atoms with Gasteiger partial charge in [0.2, 0.25) is 5.91 Å². The maximum absolute atomic E-state index is 14.9. The second-order valence-electron chi connectivity index (χ2n) is 6.28. The molecule has 0 bridgehead atoms. The second kappa shape index (κ2) is 7.76. The summed E-state index contributed by atoms with van der Waals surface area (Å²) in [5, 5.41) is 2.42. The van der Waals surface area contributed by atoms with Crippen LogP contribution in [0.3, 0.4) is 0 Å². The Morgan fingerprint density at radius 3 is 2.88 bits per heavy atom. The molecule has 0 spiro atoms. The molecular weight excluding hydrogens is 341 g/mol. The van der Waals surface area contributed by atoms with Gasteiger partial charge in [-0.1, -0.05) is 30.3 Å². The molecule has 2 aromatic rings. The number of nitrogens with zero attached hydrogens (tertiary/aromatic N) is 2. The molecule has 8 heteroatoms. The lowest BCUT2D eigenvalue weighted by Crippen LogP contribution is -2.31. The Bertz CT molecular complexity index is 827. The number of hydrogen-bond acceptors (Lipinski definition) is 5. The van der Waals surface area contributed by atoms with Gasteiger partial charge in [-0.15, -0.1) is 0 Å². The van der Waals surface area contributed by atoms with Crippen LogP contribution in [0.5, 0.6) is 0 Å². The van der Waals surface area contributed by atoms with Crippen LogP contribution in [0.2, 0.25) is 0 Å². The molecule has 0 radical (unpaired) electrons. The van der Waals surface area contributed by atoms with Crippen LogP contribution in [0.25, 0.3) is 0 Å². The highest BCUT2D eigenvalue weighted by Crippen LogP contribution is 2.34. The van der Waals surface area contributed by atoms with E-state index in [9.17, 15) is 14.0 Å². The fourth-order valence-electron chi connectivity index (χ4n) is 2.76. The molecule has 1 aromatic heterocycles. The largest absolute Gasteiger partial charge is 0.373 e. The van der Waals surface area contributed by atoms with Crippen molar-refractivity contribution in [3.63, 3.8) is 0 Å². The number of rotatable bonds is 6. The van der Waals surface area contributed by atoms with Crippen LogP contribution in [-0.4, -0.2) is 34.3 Å². The van der Waals surface area contributed by atoms with Crippen molar-refractivity contribution >= 4 is 11.7 Å². The molecule has 26 heavy (non-hydrogen) atoms. The van der Waals surface area contributed by atoms with E-state index in [1.165, 1.54) is 23.8 Å². The summed E-state index contributed by atoms with van der Waals surface area (Å²) in [6.07, 6.45) is 0.664. The molecule has 1 aliphatic rings. The lowest BCUT2D eigenvalue weighted by molar-refractivity contribution is -0.114. The number of carbonyl (C=O) groups is 1. The summed E-state index contributed by atoms with van der Waals surface area (Å²) in [4.78, 5) is 26.8. The summed E-state index contributed by atoms with van der Waals surface area (Å²) >= 11 is 0. The number of ether oxygens (including phenoxy) is 2. The van der Waals surface area contributed by atoms with E-state index >= 15 is 0 Å². The Hall–Kier alpha value is -2.58. The van der Waals surface area contributed by atoms with Crippen molar-refractivity contribution in [3.05, 3.63) is 58.6 Å². The monoisotopic (exact) mass is 361 g/mol. The first kappa shape index (κ1) is 18.2. The summed E-state index contributed by atoms with van der Waals surface area (Å²) in [7, 11) is 0. The molecule has 7 nitrogen and oxygen atoms in total. The van der Waals surface area contributed by atoms with Crippen LogP contribution in [-0.2, 0) is 20.9 Å². The van der Waals surface area contributed by atoms with Gasteiger partial charge in [0.25, 0.3) is 0 Å². The predicted octanol–water partition coefficient (Wildman–Crippen LogP) is 2.05. The van der Waals surface area contributed by atoms with E-state index in [0.717, 1.165) is 5.56 Å². The number of benzene rings is 1. The summed E-state index contributed by atoms with van der Waals surface area (Å²) in [6.45, 7) is 1.35. The number of alkyl halides is 1. The average molecular weight is 361 g/mol. The summed E-state index contributed by atoms with van der Waals surface area (Å²) in [5.74, 6) is -0.181. The first-order chi connectivity index (χ1) is 12.5. The van der Waals surface area contributed by atoms with E-state index in [0.29, 0.717) is 6.61 Å². The number of nitrogens with one attached hydrogen (secondary N) is 1. The first-order valence-electron chi connectivity index (χ1n) is 8.24. The topological polar surface area (TPSA) is 82.5 Å². The Kier molecular flexibility index (Phi) is 5.43. The second-order valence-corrected chi connectivity index (χ2v) is 6.28. The number of amides is 1. The minimum absolute atomic E-state index is 0.0111. The van der Waals surface area contributed by atoms with Gasteiger partial charge in [-0.25, -0.2) is 9.18 Å². The van der Waals surface area contributed by atoms with Crippen molar-refractivity contribution in [2.24, 2.45) is 0 Å². The van der Waals surface area contributed by atoms with Gasteiger partial charge in [-0.2, -0.15) is 4.98 Å². The van der Waals surface area contributed by atoms with Crippen LogP contribution in [0, 0.1) is 0 Å². The lowest BCUT2D eigenvalue weighted by Gasteiger charge is -2.18. The first-order valence-corrected chi connectivity index (χ1v) is 8.24. The molecular formula is C18H20FN3O4. The fraction of sp³-hybridized carbons (Fsp3) is 0.389. The molecule has 3 rings (SSSR count). The van der Waals surface area contributed by atoms with Gasteiger partial charge in [0.15, 0.2) is 5.67 Å². The van der Waals surface area contributed by atoms with Gasteiger partial charge in [0.1, 0.15) is 12.0 Å². The van der Waals surface area contributed by atoms with Crippen molar-refractivity contribution < 1.29 is 18.7 Å². The molecule has 1 amide bonds. The highest BCUT2D eigenvalue weighted by molar-refractivity contribution is 5.87. The van der Waals surface area contributed by atoms with E-state index in [2.05, 4.69) is 10.3 Å². The maximum atomic E-state index is 14.9. The van der Waals surface area contributed by atoms with Gasteiger partial charge in [0.05, 0.1) is 19.8 Å². The van der Waals surface area contributed by atoms with Crippen molar-refractivity contribution in [2.45, 2.75) is 31.8 Å². The summed E-state index contributed by atoms with van der Waals surface area (Å²) < 4.78 is 27.0. The quantitative estimate of drug-likeness (QED) is 0.851. The van der Waals surface area contributed by atoms with Crippen LogP contribution < -0.4 is 11.0 Å². The molecule has 0 aliphatic carbocycles. The van der Waals surface area contributed by atoms with Crippen molar-refractivity contribution in [1.82, 2.24) is 9.55 Å². The standard InChI is InChI=1S/C18H20FN3O4/c1-13(23)20-15-7-8-22(17(24)21-15)16-9-18(19,12-26-16)11-25-10-14-5-3-2-4-6-14/h2-8,16H,9-12H2,1H3,(H,20,21,23,24)/t16-,18+/m1/s1. The molecule has 138 valence electrons. The van der Waals surface area contributed by atoms with E-state index in [4.69, 9.17) is 9.47 Å². The Morgan fingerprint density at radius 2 is 2.19 bits per heavy atom.